The van der Waals surface area contributed by atoms with E-state index < -0.39 is 6.10 Å². The van der Waals surface area contributed by atoms with E-state index >= 15 is 0 Å². The summed E-state index contributed by atoms with van der Waals surface area (Å²) < 4.78 is 4.60. The second-order valence-corrected chi connectivity index (χ2v) is 3.54. The zero-order valence-electron chi connectivity index (χ0n) is 11.0. The van der Waals surface area contributed by atoms with Crippen LogP contribution < -0.4 is 0 Å². The van der Waals surface area contributed by atoms with Crippen LogP contribution in [0.2, 0.25) is 0 Å². The maximum Gasteiger partial charge on any atom is 0.306 e. The van der Waals surface area contributed by atoms with Crippen molar-refractivity contribution in [1.82, 2.24) is 0 Å². The number of aliphatic hydroxyl groups is 1. The van der Waals surface area contributed by atoms with Crippen LogP contribution in [0.25, 0.3) is 0 Å². The Bertz CT molecular complexity index is 247. The molecule has 0 bridgehead atoms. The lowest BCUT2D eigenvalue weighted by atomic mass is 10.2. The van der Waals surface area contributed by atoms with Crippen molar-refractivity contribution in [2.24, 2.45) is 0 Å². The number of hydrogen-bond donors (Lipinski definition) is 1. The molecule has 1 atom stereocenters. The van der Waals surface area contributed by atoms with Crippen molar-refractivity contribution < 1.29 is 24.2 Å². The monoisotopic (exact) mass is 246 g/mol. The molecule has 0 aromatic carbocycles. The lowest BCUT2D eigenvalue weighted by molar-refractivity contribution is -0.144. The van der Waals surface area contributed by atoms with Crippen LogP contribution >= 0.6 is 0 Å². The zero-order valence-corrected chi connectivity index (χ0v) is 11.0. The molecule has 0 aliphatic rings. The van der Waals surface area contributed by atoms with Gasteiger partial charge >= 0.3 is 5.97 Å². The van der Waals surface area contributed by atoms with Crippen molar-refractivity contribution in [2.45, 2.75) is 53.1 Å². The van der Waals surface area contributed by atoms with Gasteiger partial charge in [0, 0.05) is 6.42 Å². The molecule has 5 nitrogen and oxygen atoms in total. The first-order valence-corrected chi connectivity index (χ1v) is 5.68. The van der Waals surface area contributed by atoms with Gasteiger partial charge in [0.25, 0.3) is 0 Å². The second-order valence-electron chi connectivity index (χ2n) is 3.54. The van der Waals surface area contributed by atoms with Gasteiger partial charge in [0.1, 0.15) is 11.9 Å². The Morgan fingerprint density at radius 3 is 1.88 bits per heavy atom. The molecular formula is C12H22O5. The number of carbonyl (C=O) groups is 3. The topological polar surface area (TPSA) is 80.7 Å². The molecule has 0 aromatic rings. The molecule has 0 rings (SSSR count). The van der Waals surface area contributed by atoms with Crippen molar-refractivity contribution in [3.05, 3.63) is 0 Å². The highest BCUT2D eigenvalue weighted by Crippen LogP contribution is 1.92. The van der Waals surface area contributed by atoms with E-state index in [0.717, 1.165) is 0 Å². The fraction of sp³-hybridized carbons (Fsp3) is 0.750. The van der Waals surface area contributed by atoms with E-state index in [4.69, 9.17) is 5.11 Å². The van der Waals surface area contributed by atoms with Gasteiger partial charge in [0.15, 0.2) is 5.78 Å². The zero-order chi connectivity index (χ0) is 13.8. The first kappa shape index (κ1) is 18.1. The minimum Gasteiger partial charge on any atom is -0.466 e. The first-order valence-electron chi connectivity index (χ1n) is 5.68. The maximum atomic E-state index is 10.6. The van der Waals surface area contributed by atoms with Gasteiger partial charge < -0.3 is 14.6 Å². The Balaban J connectivity index is 0. The predicted octanol–water partition coefficient (Wildman–Crippen LogP) is 1.26. The number of aliphatic hydroxyl groups excluding tert-OH is 1. The van der Waals surface area contributed by atoms with Gasteiger partial charge in [-0.2, -0.15) is 0 Å². The standard InChI is InChI=1S/C7H12O3.C5H10O2/c1-3-10-7(9)5-4-6(2)8;1-3-5(7)4(2)6/h3-5H2,1-2H3;5,7H,3H2,1-2H3. The highest BCUT2D eigenvalue weighted by atomic mass is 16.5. The third-order valence-corrected chi connectivity index (χ3v) is 1.84. The number of hydrogen-bond acceptors (Lipinski definition) is 5. The van der Waals surface area contributed by atoms with Crippen LogP contribution in [-0.4, -0.2) is 35.4 Å². The van der Waals surface area contributed by atoms with Crippen LogP contribution in [0.1, 0.15) is 47.0 Å². The number of esters is 1. The number of Topliss-reactive ketones (excluding diaryl/α,β-unsaturated/α-hetero) is 2. The molecule has 0 spiro atoms. The normalized spacial score (nSPS) is 10.9. The molecule has 0 aliphatic carbocycles. The lowest BCUT2D eigenvalue weighted by Crippen LogP contribution is -2.14. The van der Waals surface area contributed by atoms with E-state index in [1.54, 1.807) is 13.8 Å². The number of ether oxygens (including phenoxy) is 1. The van der Waals surface area contributed by atoms with Gasteiger partial charge in [-0.25, -0.2) is 0 Å². The Labute approximate surface area is 102 Å². The highest BCUT2D eigenvalue weighted by Gasteiger charge is 2.03. The van der Waals surface area contributed by atoms with E-state index in [2.05, 4.69) is 4.74 Å². The van der Waals surface area contributed by atoms with E-state index in [0.29, 0.717) is 19.4 Å². The Kier molecular flexibility index (Phi) is 12.0. The summed E-state index contributed by atoms with van der Waals surface area (Å²) in [5, 5.41) is 8.59. The number of ketones is 2. The summed E-state index contributed by atoms with van der Waals surface area (Å²) >= 11 is 0. The Hall–Kier alpha value is -1.23. The van der Waals surface area contributed by atoms with Crippen LogP contribution in [0.3, 0.4) is 0 Å². The largest absolute Gasteiger partial charge is 0.466 e. The minimum atomic E-state index is -0.736. The number of carbonyl (C=O) groups excluding carboxylic acids is 3. The van der Waals surface area contributed by atoms with Crippen LogP contribution in [0.15, 0.2) is 0 Å². The summed E-state index contributed by atoms with van der Waals surface area (Å²) in [6.07, 6.45) is 0.289. The van der Waals surface area contributed by atoms with E-state index in [1.165, 1.54) is 13.8 Å². The summed E-state index contributed by atoms with van der Waals surface area (Å²) in [5.74, 6) is -0.423. The quantitative estimate of drug-likeness (QED) is 0.714. The molecule has 0 amide bonds. The molecule has 0 saturated carbocycles. The molecule has 1 unspecified atom stereocenters. The molecule has 17 heavy (non-hydrogen) atoms. The van der Waals surface area contributed by atoms with Crippen LogP contribution in [-0.2, 0) is 19.1 Å². The van der Waals surface area contributed by atoms with Gasteiger partial charge in [-0.15, -0.1) is 0 Å². The summed E-state index contributed by atoms with van der Waals surface area (Å²) in [7, 11) is 0. The molecule has 0 aromatic heterocycles. The second kappa shape index (κ2) is 11.3. The fourth-order valence-electron chi connectivity index (χ4n) is 0.799. The smallest absolute Gasteiger partial charge is 0.306 e. The van der Waals surface area contributed by atoms with E-state index in [1.807, 2.05) is 0 Å². The molecule has 0 saturated heterocycles. The van der Waals surface area contributed by atoms with Gasteiger partial charge in [-0.1, -0.05) is 6.92 Å². The van der Waals surface area contributed by atoms with Gasteiger partial charge in [-0.05, 0) is 27.2 Å². The molecule has 5 heteroatoms. The molecule has 0 radical (unpaired) electrons. The molecule has 0 fully saturated rings. The molecule has 0 aliphatic heterocycles. The summed E-state index contributed by atoms with van der Waals surface area (Å²) in [4.78, 5) is 31.0. The Morgan fingerprint density at radius 1 is 1.12 bits per heavy atom. The van der Waals surface area contributed by atoms with Gasteiger partial charge in [0.05, 0.1) is 13.0 Å². The van der Waals surface area contributed by atoms with Crippen molar-refractivity contribution in [3.63, 3.8) is 0 Å². The molecular weight excluding hydrogens is 224 g/mol. The minimum absolute atomic E-state index is 0.0213. The summed E-state index contributed by atoms with van der Waals surface area (Å²) in [6, 6.07) is 0. The fourth-order valence-corrected chi connectivity index (χ4v) is 0.799. The van der Waals surface area contributed by atoms with Crippen molar-refractivity contribution in [1.29, 1.82) is 0 Å². The lowest BCUT2D eigenvalue weighted by Gasteiger charge is -1.97. The predicted molar refractivity (Wildman–Crippen MR) is 63.5 cm³/mol. The van der Waals surface area contributed by atoms with Gasteiger partial charge in [-0.3, -0.25) is 9.59 Å². The highest BCUT2D eigenvalue weighted by molar-refractivity contribution is 5.81. The van der Waals surface area contributed by atoms with Crippen LogP contribution in [0.5, 0.6) is 0 Å². The number of rotatable bonds is 6. The first-order chi connectivity index (χ1) is 7.84. The van der Waals surface area contributed by atoms with Crippen molar-refractivity contribution in [3.8, 4) is 0 Å². The third kappa shape index (κ3) is 14.8. The molecule has 1 N–H and O–H groups in total. The van der Waals surface area contributed by atoms with Gasteiger partial charge in [0.2, 0.25) is 0 Å². The third-order valence-electron chi connectivity index (χ3n) is 1.84. The summed E-state index contributed by atoms with van der Waals surface area (Å²) in [6.45, 7) is 6.74. The summed E-state index contributed by atoms with van der Waals surface area (Å²) in [5.41, 5.74) is 0. The van der Waals surface area contributed by atoms with E-state index in [9.17, 15) is 14.4 Å². The van der Waals surface area contributed by atoms with Crippen molar-refractivity contribution in [2.75, 3.05) is 6.61 Å². The SMILES string of the molecule is CCC(O)C(C)=O.CCOC(=O)CCC(C)=O. The average molecular weight is 246 g/mol. The maximum absolute atomic E-state index is 10.6. The van der Waals surface area contributed by atoms with Crippen molar-refractivity contribution >= 4 is 17.5 Å². The Morgan fingerprint density at radius 2 is 1.65 bits per heavy atom. The average Bonchev–Trinajstić information content (AvgIpc) is 2.26. The van der Waals surface area contributed by atoms with Crippen LogP contribution in [0.4, 0.5) is 0 Å². The molecule has 0 heterocycles. The van der Waals surface area contributed by atoms with E-state index in [-0.39, 0.29) is 24.0 Å². The molecule has 100 valence electrons. The van der Waals surface area contributed by atoms with Crippen LogP contribution in [0, 0.1) is 0 Å².